The third-order valence-corrected chi connectivity index (χ3v) is 1.38. The molecule has 0 aliphatic rings. The van der Waals surface area contributed by atoms with Gasteiger partial charge in [-0.15, -0.1) is 0 Å². The van der Waals surface area contributed by atoms with E-state index in [1.807, 2.05) is 0 Å². The quantitative estimate of drug-likeness (QED) is 0.361. The topological polar surface area (TPSA) is 91.9 Å². The largest absolute Gasteiger partial charge is 0.361 e. The Morgan fingerprint density at radius 2 is 2.33 bits per heavy atom. The van der Waals surface area contributed by atoms with Crippen LogP contribution in [-0.4, -0.2) is 11.1 Å². The van der Waals surface area contributed by atoms with Crippen LogP contribution in [0.5, 0.6) is 0 Å². The van der Waals surface area contributed by atoms with E-state index >= 15 is 0 Å². The van der Waals surface area contributed by atoms with E-state index in [0.29, 0.717) is 11.5 Å². The summed E-state index contributed by atoms with van der Waals surface area (Å²) in [7, 11) is 0. The van der Waals surface area contributed by atoms with Crippen molar-refractivity contribution in [3.05, 3.63) is 27.5 Å². The van der Waals surface area contributed by atoms with E-state index in [2.05, 4.69) is 15.2 Å². The van der Waals surface area contributed by atoms with Gasteiger partial charge in [0.15, 0.2) is 0 Å². The summed E-state index contributed by atoms with van der Waals surface area (Å²) in [5.41, 5.74) is 8.68. The maximum absolute atomic E-state index is 11.0. The SMILES string of the molecule is Cc1noc(C)c1C(=O)N=[N+]=[N-]. The molecule has 0 N–H and O–H groups in total. The number of amides is 1. The molecule has 0 radical (unpaired) electrons. The van der Waals surface area contributed by atoms with Crippen LogP contribution < -0.4 is 0 Å². The molecule has 0 fully saturated rings. The molecule has 6 nitrogen and oxygen atoms in total. The monoisotopic (exact) mass is 166 g/mol. The van der Waals surface area contributed by atoms with Crippen LogP contribution in [0.15, 0.2) is 9.64 Å². The Kier molecular flexibility index (Phi) is 2.11. The number of nitrogens with zero attached hydrogens (tertiary/aromatic N) is 4. The summed E-state index contributed by atoms with van der Waals surface area (Å²) in [5.74, 6) is -0.293. The molecular formula is C6H6N4O2. The zero-order valence-corrected chi connectivity index (χ0v) is 6.61. The van der Waals surface area contributed by atoms with Crippen molar-refractivity contribution in [2.24, 2.45) is 5.11 Å². The van der Waals surface area contributed by atoms with E-state index in [4.69, 9.17) is 10.1 Å². The fourth-order valence-corrected chi connectivity index (χ4v) is 0.879. The standard InChI is InChI=1S/C6H6N4O2/c1-3-5(4(2)12-9-3)6(11)8-10-7/h1-2H3. The molecule has 0 aliphatic carbocycles. The number of azide groups is 1. The van der Waals surface area contributed by atoms with Gasteiger partial charge in [0.1, 0.15) is 5.76 Å². The maximum atomic E-state index is 11.0. The molecule has 0 atom stereocenters. The molecule has 1 amide bonds. The van der Waals surface area contributed by atoms with Crippen LogP contribution in [0, 0.1) is 13.8 Å². The molecule has 0 unspecified atom stereocenters. The first-order chi connectivity index (χ1) is 5.66. The second-order valence-electron chi connectivity index (χ2n) is 2.19. The van der Waals surface area contributed by atoms with Crippen molar-refractivity contribution in [2.75, 3.05) is 0 Å². The molecule has 1 aromatic heterocycles. The summed E-state index contributed by atoms with van der Waals surface area (Å²) in [4.78, 5) is 13.4. The predicted octanol–water partition coefficient (Wildman–Crippen LogP) is 1.74. The van der Waals surface area contributed by atoms with Crippen molar-refractivity contribution >= 4 is 5.91 Å². The molecule has 0 aliphatic heterocycles. The molecule has 1 aromatic rings. The van der Waals surface area contributed by atoms with Gasteiger partial charge in [0, 0.05) is 4.91 Å². The van der Waals surface area contributed by atoms with Crippen molar-refractivity contribution in [3.8, 4) is 0 Å². The normalized spacial score (nSPS) is 9.17. The van der Waals surface area contributed by atoms with Crippen LogP contribution in [0.2, 0.25) is 0 Å². The third kappa shape index (κ3) is 1.28. The van der Waals surface area contributed by atoms with Crippen LogP contribution in [-0.2, 0) is 0 Å². The zero-order valence-electron chi connectivity index (χ0n) is 6.61. The molecule has 0 saturated heterocycles. The first-order valence-corrected chi connectivity index (χ1v) is 3.19. The Balaban J connectivity index is 3.17. The molecule has 0 spiro atoms. The Morgan fingerprint density at radius 3 is 2.75 bits per heavy atom. The molecule has 0 bridgehead atoms. The summed E-state index contributed by atoms with van der Waals surface area (Å²) >= 11 is 0. The van der Waals surface area contributed by atoms with Crippen LogP contribution >= 0.6 is 0 Å². The van der Waals surface area contributed by atoms with Crippen LogP contribution in [0.4, 0.5) is 0 Å². The first kappa shape index (κ1) is 8.29. The third-order valence-electron chi connectivity index (χ3n) is 1.38. The molecule has 0 aromatic carbocycles. The van der Waals surface area contributed by atoms with Gasteiger partial charge in [0.05, 0.1) is 11.3 Å². The summed E-state index contributed by atoms with van der Waals surface area (Å²) in [6.45, 7) is 3.19. The molecule has 0 saturated carbocycles. The molecule has 62 valence electrons. The molecule has 12 heavy (non-hydrogen) atoms. The second kappa shape index (κ2) is 3.06. The molecule has 1 heterocycles. The van der Waals surface area contributed by atoms with Gasteiger partial charge in [-0.2, -0.15) is 0 Å². The number of hydrogen-bond acceptors (Lipinski definition) is 3. The minimum absolute atomic E-state index is 0.243. The van der Waals surface area contributed by atoms with Crippen LogP contribution in [0.1, 0.15) is 21.8 Å². The zero-order chi connectivity index (χ0) is 9.14. The van der Waals surface area contributed by atoms with Gasteiger partial charge < -0.3 is 4.52 Å². The summed E-state index contributed by atoms with van der Waals surface area (Å²) in [6, 6.07) is 0. The average Bonchev–Trinajstić information content (AvgIpc) is 2.32. The van der Waals surface area contributed by atoms with E-state index in [1.54, 1.807) is 13.8 Å². The van der Waals surface area contributed by atoms with Crippen molar-refractivity contribution in [3.63, 3.8) is 0 Å². The van der Waals surface area contributed by atoms with Gasteiger partial charge in [-0.3, -0.25) is 4.79 Å². The highest BCUT2D eigenvalue weighted by atomic mass is 16.5. The molecular weight excluding hydrogens is 160 g/mol. The highest BCUT2D eigenvalue weighted by Gasteiger charge is 2.15. The minimum atomic E-state index is -0.659. The van der Waals surface area contributed by atoms with E-state index in [9.17, 15) is 4.79 Å². The molecule has 6 heteroatoms. The van der Waals surface area contributed by atoms with Gasteiger partial charge >= 0.3 is 0 Å². The fourth-order valence-electron chi connectivity index (χ4n) is 0.879. The lowest BCUT2D eigenvalue weighted by Gasteiger charge is -1.88. The number of aromatic nitrogens is 1. The van der Waals surface area contributed by atoms with Crippen molar-refractivity contribution < 1.29 is 9.32 Å². The Labute approximate surface area is 67.8 Å². The Hall–Kier alpha value is -1.81. The maximum Gasteiger partial charge on any atom is 0.254 e. The van der Waals surface area contributed by atoms with Crippen molar-refractivity contribution in [1.82, 2.24) is 5.16 Å². The second-order valence-corrected chi connectivity index (χ2v) is 2.19. The highest BCUT2D eigenvalue weighted by Crippen LogP contribution is 2.13. The molecule has 1 rings (SSSR count). The van der Waals surface area contributed by atoms with Gasteiger partial charge in [0.25, 0.3) is 5.91 Å². The fraction of sp³-hybridized carbons (Fsp3) is 0.333. The Bertz CT molecular complexity index is 342. The predicted molar refractivity (Wildman–Crippen MR) is 39.5 cm³/mol. The van der Waals surface area contributed by atoms with Crippen molar-refractivity contribution in [2.45, 2.75) is 13.8 Å². The lowest BCUT2D eigenvalue weighted by molar-refractivity contribution is 0.0998. The number of aryl methyl sites for hydroxylation is 2. The first-order valence-electron chi connectivity index (χ1n) is 3.19. The summed E-state index contributed by atoms with van der Waals surface area (Å²) < 4.78 is 4.71. The Morgan fingerprint density at radius 1 is 1.67 bits per heavy atom. The van der Waals surface area contributed by atoms with Gasteiger partial charge in [-0.25, -0.2) is 0 Å². The average molecular weight is 166 g/mol. The van der Waals surface area contributed by atoms with Crippen LogP contribution in [0.25, 0.3) is 10.4 Å². The van der Waals surface area contributed by atoms with Crippen molar-refractivity contribution in [1.29, 1.82) is 0 Å². The minimum Gasteiger partial charge on any atom is -0.361 e. The summed E-state index contributed by atoms with van der Waals surface area (Å²) in [5, 5.41) is 6.47. The van der Waals surface area contributed by atoms with E-state index in [0.717, 1.165) is 0 Å². The van der Waals surface area contributed by atoms with Gasteiger partial charge in [-0.1, -0.05) is 5.16 Å². The summed E-state index contributed by atoms with van der Waals surface area (Å²) in [6.07, 6.45) is 0. The lowest BCUT2D eigenvalue weighted by atomic mass is 10.2. The number of carbonyl (C=O) groups excluding carboxylic acids is 1. The smallest absolute Gasteiger partial charge is 0.254 e. The number of carbonyl (C=O) groups is 1. The number of rotatable bonds is 1. The van der Waals surface area contributed by atoms with E-state index < -0.39 is 5.91 Å². The van der Waals surface area contributed by atoms with Gasteiger partial charge in [-0.05, 0) is 24.5 Å². The van der Waals surface area contributed by atoms with E-state index in [1.165, 1.54) is 0 Å². The van der Waals surface area contributed by atoms with Gasteiger partial charge in [0.2, 0.25) is 0 Å². The lowest BCUT2D eigenvalue weighted by Crippen LogP contribution is -1.96. The number of hydrogen-bond donors (Lipinski definition) is 0. The van der Waals surface area contributed by atoms with Crippen LogP contribution in [0.3, 0.4) is 0 Å². The highest BCUT2D eigenvalue weighted by molar-refractivity contribution is 5.96. The van der Waals surface area contributed by atoms with E-state index in [-0.39, 0.29) is 5.56 Å².